The minimum Gasteiger partial charge on any atom is -0.465 e. The number of rotatable bonds is 50. The van der Waals surface area contributed by atoms with Crippen molar-refractivity contribution in [3.63, 3.8) is 0 Å². The second-order valence-electron chi connectivity index (χ2n) is 12.6. The van der Waals surface area contributed by atoms with Gasteiger partial charge in [0.25, 0.3) is 0 Å². The van der Waals surface area contributed by atoms with E-state index in [-0.39, 0.29) is 103 Å². The molecule has 0 saturated carbocycles. The van der Waals surface area contributed by atoms with Crippen molar-refractivity contribution in [3.8, 4) is 0 Å². The normalized spacial score (nSPS) is 11.3. The monoisotopic (exact) mass is 926 g/mol. The van der Waals surface area contributed by atoms with Crippen molar-refractivity contribution in [3.05, 3.63) is 20.9 Å². The van der Waals surface area contributed by atoms with Gasteiger partial charge in [0.1, 0.15) is 0 Å². The van der Waals surface area contributed by atoms with Gasteiger partial charge >= 0.3 is 6.09 Å². The van der Waals surface area contributed by atoms with E-state index in [0.717, 1.165) is 0 Å². The number of nitrogens with zero attached hydrogens (tertiary/aromatic N) is 6. The predicted molar refractivity (Wildman–Crippen MR) is 226 cm³/mol. The van der Waals surface area contributed by atoms with Crippen LogP contribution in [-0.2, 0) is 71.2 Å². The van der Waals surface area contributed by atoms with Gasteiger partial charge in [-0.2, -0.15) is 0 Å². The van der Waals surface area contributed by atoms with Crippen molar-refractivity contribution in [2.45, 2.75) is 25.3 Å². The fourth-order valence-electron chi connectivity index (χ4n) is 4.45. The van der Waals surface area contributed by atoms with E-state index >= 15 is 0 Å². The molecule has 0 radical (unpaired) electrons. The molecule has 4 amide bonds. The lowest BCUT2D eigenvalue weighted by molar-refractivity contribution is -0.126. The number of hydrogen-bond donors (Lipinski definition) is 5. The number of carbonyl (C=O) groups is 4. The van der Waals surface area contributed by atoms with Crippen LogP contribution in [0, 0.1) is 0 Å². The third kappa shape index (κ3) is 48.8. The summed E-state index contributed by atoms with van der Waals surface area (Å²) in [5.74, 6) is -0.766. The first-order valence-corrected chi connectivity index (χ1v) is 21.1. The smallest absolute Gasteiger partial charge is 0.404 e. The van der Waals surface area contributed by atoms with Crippen LogP contribution in [0.25, 0.3) is 20.9 Å². The van der Waals surface area contributed by atoms with E-state index in [0.29, 0.717) is 125 Å². The summed E-state index contributed by atoms with van der Waals surface area (Å²) in [6.07, 6.45) is -0.865. The van der Waals surface area contributed by atoms with Crippen molar-refractivity contribution in [1.29, 1.82) is 0 Å². The zero-order valence-corrected chi connectivity index (χ0v) is 36.9. The van der Waals surface area contributed by atoms with Crippen LogP contribution >= 0.6 is 0 Å². The number of carbonyl (C=O) groups excluding carboxylic acids is 3. The summed E-state index contributed by atoms with van der Waals surface area (Å²) in [6, 6.07) is -0.562. The average Bonchev–Trinajstić information content (AvgIpc) is 3.28. The van der Waals surface area contributed by atoms with Gasteiger partial charge in [-0.25, -0.2) is 4.79 Å². The first-order chi connectivity index (χ1) is 31.4. The summed E-state index contributed by atoms with van der Waals surface area (Å²) in [5.41, 5.74) is 16.4. The zero-order valence-electron chi connectivity index (χ0n) is 36.9. The number of nitrogens with one attached hydrogen (secondary N) is 4. The average molecular weight is 927 g/mol. The summed E-state index contributed by atoms with van der Waals surface area (Å²) >= 11 is 0. The van der Waals surface area contributed by atoms with Gasteiger partial charge in [-0.3, -0.25) is 14.4 Å². The molecule has 0 heterocycles. The van der Waals surface area contributed by atoms with Crippen molar-refractivity contribution in [2.75, 3.05) is 191 Å². The van der Waals surface area contributed by atoms with Gasteiger partial charge in [0.15, 0.2) is 0 Å². The Hall–Kier alpha value is -4.18. The van der Waals surface area contributed by atoms with Crippen LogP contribution in [0.5, 0.6) is 0 Å². The SMILES string of the molecule is [N-]=[N+]=NCCOCCOCCOCCNC(=O)CCOCC(COCCC(=O)NCCOCCOCCOCCN=[N+]=[N-])NC(=O)CCOCCOCCOCCOCCNC(=O)O. The summed E-state index contributed by atoms with van der Waals surface area (Å²) in [6.45, 7) is 8.18. The second-order valence-corrected chi connectivity index (χ2v) is 12.6. The summed E-state index contributed by atoms with van der Waals surface area (Å²) in [7, 11) is 0. The summed E-state index contributed by atoms with van der Waals surface area (Å²) in [5, 5.41) is 25.8. The molecular formula is C37H70N10O17. The van der Waals surface area contributed by atoms with E-state index in [1.807, 2.05) is 0 Å². The first-order valence-electron chi connectivity index (χ1n) is 21.1. The minimum absolute atomic E-state index is 0.0590. The van der Waals surface area contributed by atoms with Gasteiger partial charge in [0.2, 0.25) is 17.7 Å². The second kappa shape index (κ2) is 49.8. The fraction of sp³-hybridized carbons (Fsp3) is 0.892. The van der Waals surface area contributed by atoms with Crippen molar-refractivity contribution >= 4 is 23.8 Å². The van der Waals surface area contributed by atoms with Gasteiger partial charge in [0.05, 0.1) is 165 Å². The molecule has 0 rings (SSSR count). The molecule has 5 N–H and O–H groups in total. The third-order valence-electron chi connectivity index (χ3n) is 7.49. The van der Waals surface area contributed by atoms with Crippen LogP contribution in [0.15, 0.2) is 10.2 Å². The van der Waals surface area contributed by atoms with Gasteiger partial charge in [-0.15, -0.1) is 0 Å². The molecule has 0 aromatic carbocycles. The molecule has 370 valence electrons. The van der Waals surface area contributed by atoms with Crippen molar-refractivity contribution < 1.29 is 81.1 Å². The zero-order chi connectivity index (χ0) is 46.7. The van der Waals surface area contributed by atoms with E-state index < -0.39 is 12.1 Å². The quantitative estimate of drug-likeness (QED) is 0.0231. The third-order valence-corrected chi connectivity index (χ3v) is 7.49. The molecule has 0 fully saturated rings. The Labute approximate surface area is 373 Å². The molecule has 0 unspecified atom stereocenters. The molecular weight excluding hydrogens is 856 g/mol. The van der Waals surface area contributed by atoms with Crippen LogP contribution in [0.2, 0.25) is 0 Å². The maximum Gasteiger partial charge on any atom is 0.404 e. The first kappa shape index (κ1) is 59.8. The lowest BCUT2D eigenvalue weighted by Gasteiger charge is -2.19. The lowest BCUT2D eigenvalue weighted by Crippen LogP contribution is -2.42. The number of ether oxygens (including phenoxy) is 12. The minimum atomic E-state index is -1.10. The summed E-state index contributed by atoms with van der Waals surface area (Å²) in [4.78, 5) is 52.8. The summed E-state index contributed by atoms with van der Waals surface area (Å²) < 4.78 is 65.0. The maximum atomic E-state index is 12.7. The lowest BCUT2D eigenvalue weighted by atomic mass is 10.3. The Kier molecular flexibility index (Phi) is 46.6. The van der Waals surface area contributed by atoms with E-state index in [9.17, 15) is 19.2 Å². The standard InChI is InChI=1S/C37H70N10O17/c38-46-43-7-15-57-21-27-60-24-18-54-12-4-40-34(48)1-10-63-31-33(32-64-11-2-35(49)41-5-13-55-19-25-61-28-22-58-16-8-44-47-39)45-36(50)3-9-53-17-23-59-29-30-62-26-20-56-14-6-42-37(51)52/h33,42H,1-32H2,(H,40,48)(H,41,49)(H,45,50)(H,51,52). The number of azide groups is 2. The molecule has 0 aromatic rings. The Morgan fingerprint density at radius 1 is 0.406 bits per heavy atom. The Bertz CT molecular complexity index is 1170. The molecule has 0 saturated heterocycles. The van der Waals surface area contributed by atoms with Crippen LogP contribution in [0.3, 0.4) is 0 Å². The van der Waals surface area contributed by atoms with Gasteiger partial charge in [-0.05, 0) is 11.1 Å². The molecule has 0 bridgehead atoms. The highest BCUT2D eigenvalue weighted by atomic mass is 16.6. The van der Waals surface area contributed by atoms with E-state index in [2.05, 4.69) is 41.3 Å². The highest BCUT2D eigenvalue weighted by Crippen LogP contribution is 1.96. The van der Waals surface area contributed by atoms with E-state index in [1.165, 1.54) is 0 Å². The largest absolute Gasteiger partial charge is 0.465 e. The Morgan fingerprint density at radius 2 is 0.703 bits per heavy atom. The predicted octanol–water partition coefficient (Wildman–Crippen LogP) is -0.0387. The molecule has 0 spiro atoms. The van der Waals surface area contributed by atoms with Crippen molar-refractivity contribution in [2.24, 2.45) is 10.2 Å². The van der Waals surface area contributed by atoms with Crippen LogP contribution in [0.4, 0.5) is 4.79 Å². The van der Waals surface area contributed by atoms with Gasteiger partial charge in [0, 0.05) is 61.8 Å². The van der Waals surface area contributed by atoms with Crippen LogP contribution in [0.1, 0.15) is 19.3 Å². The molecule has 27 heteroatoms. The van der Waals surface area contributed by atoms with E-state index in [1.54, 1.807) is 0 Å². The number of hydrogen-bond acceptors (Lipinski definition) is 18. The number of carboxylic acid groups (broad SMARTS) is 1. The highest BCUT2D eigenvalue weighted by molar-refractivity contribution is 5.77. The molecule has 0 atom stereocenters. The molecule has 27 nitrogen and oxygen atoms in total. The van der Waals surface area contributed by atoms with Gasteiger partial charge in [-0.1, -0.05) is 10.2 Å². The topological polar surface area (TPSA) is 345 Å². The molecule has 0 aliphatic carbocycles. The maximum absolute atomic E-state index is 12.7. The van der Waals surface area contributed by atoms with Crippen LogP contribution < -0.4 is 21.3 Å². The van der Waals surface area contributed by atoms with E-state index in [4.69, 9.17) is 73.0 Å². The van der Waals surface area contributed by atoms with Crippen molar-refractivity contribution in [1.82, 2.24) is 21.3 Å². The molecule has 64 heavy (non-hydrogen) atoms. The molecule has 0 aliphatic heterocycles. The van der Waals surface area contributed by atoms with Gasteiger partial charge < -0.3 is 83.2 Å². The molecule has 0 aliphatic rings. The van der Waals surface area contributed by atoms with Crippen LogP contribution in [-0.4, -0.2) is 226 Å². The highest BCUT2D eigenvalue weighted by Gasteiger charge is 2.14. The Morgan fingerprint density at radius 3 is 1.06 bits per heavy atom. The fourth-order valence-corrected chi connectivity index (χ4v) is 4.45. The molecule has 0 aromatic heterocycles. The Balaban J connectivity index is 4.30. The number of amides is 4.